The van der Waals surface area contributed by atoms with E-state index in [1.807, 2.05) is 20.8 Å². The van der Waals surface area contributed by atoms with Crippen molar-refractivity contribution < 1.29 is 19.0 Å². The molecule has 2 rings (SSSR count). The van der Waals surface area contributed by atoms with Gasteiger partial charge in [-0.05, 0) is 27.2 Å². The van der Waals surface area contributed by atoms with E-state index in [9.17, 15) is 4.79 Å². The Bertz CT molecular complexity index is 292. The number of ether oxygens (including phenoxy) is 3. The monoisotopic (exact) mass is 243 g/mol. The van der Waals surface area contributed by atoms with Gasteiger partial charge >= 0.3 is 0 Å². The molecule has 2 aliphatic rings. The summed E-state index contributed by atoms with van der Waals surface area (Å²) in [6.45, 7) is 7.31. The molecule has 3 atom stereocenters. The van der Waals surface area contributed by atoms with Crippen LogP contribution in [0.4, 0.5) is 0 Å². The Balaban J connectivity index is 1.70. The smallest absolute Gasteiger partial charge is 0.225 e. The van der Waals surface area contributed by atoms with Gasteiger partial charge < -0.3 is 19.5 Å². The summed E-state index contributed by atoms with van der Waals surface area (Å²) in [4.78, 5) is 11.8. The molecule has 0 bridgehead atoms. The Morgan fingerprint density at radius 1 is 1.41 bits per heavy atom. The minimum absolute atomic E-state index is 0.0136. The molecule has 2 saturated heterocycles. The van der Waals surface area contributed by atoms with Crippen LogP contribution in [0.3, 0.4) is 0 Å². The number of hydrogen-bond acceptors (Lipinski definition) is 4. The van der Waals surface area contributed by atoms with Gasteiger partial charge in [-0.2, -0.15) is 0 Å². The fourth-order valence-electron chi connectivity index (χ4n) is 2.22. The van der Waals surface area contributed by atoms with Gasteiger partial charge in [0.25, 0.3) is 0 Å². The summed E-state index contributed by atoms with van der Waals surface area (Å²) >= 11 is 0. The van der Waals surface area contributed by atoms with E-state index >= 15 is 0 Å². The Morgan fingerprint density at radius 2 is 2.18 bits per heavy atom. The van der Waals surface area contributed by atoms with Gasteiger partial charge in [0.2, 0.25) is 5.91 Å². The third-order valence-electron chi connectivity index (χ3n) is 3.14. The maximum Gasteiger partial charge on any atom is 0.225 e. The SMILES string of the molecule is CC1CC(C(=O)NCC2COC(C)(C)O2)CO1. The molecule has 5 heteroatoms. The molecular weight excluding hydrogens is 222 g/mol. The summed E-state index contributed by atoms with van der Waals surface area (Å²) in [5, 5.41) is 2.90. The highest BCUT2D eigenvalue weighted by Gasteiger charge is 2.34. The Hall–Kier alpha value is -0.650. The van der Waals surface area contributed by atoms with Crippen molar-refractivity contribution in [3.8, 4) is 0 Å². The first kappa shape index (κ1) is 12.8. The number of carbonyl (C=O) groups excluding carboxylic acids is 1. The predicted molar refractivity (Wildman–Crippen MR) is 61.4 cm³/mol. The summed E-state index contributed by atoms with van der Waals surface area (Å²) in [5.41, 5.74) is 0. The number of nitrogens with one attached hydrogen (secondary N) is 1. The largest absolute Gasteiger partial charge is 0.378 e. The lowest BCUT2D eigenvalue weighted by atomic mass is 10.1. The van der Waals surface area contributed by atoms with Gasteiger partial charge in [0.1, 0.15) is 6.10 Å². The van der Waals surface area contributed by atoms with Crippen molar-refractivity contribution in [1.29, 1.82) is 0 Å². The zero-order valence-electron chi connectivity index (χ0n) is 10.7. The van der Waals surface area contributed by atoms with Crippen LogP contribution in [0.1, 0.15) is 27.2 Å². The molecule has 1 N–H and O–H groups in total. The summed E-state index contributed by atoms with van der Waals surface area (Å²) in [7, 11) is 0. The van der Waals surface area contributed by atoms with E-state index in [4.69, 9.17) is 14.2 Å². The van der Waals surface area contributed by atoms with Gasteiger partial charge in [-0.15, -0.1) is 0 Å². The van der Waals surface area contributed by atoms with E-state index < -0.39 is 5.79 Å². The minimum Gasteiger partial charge on any atom is -0.378 e. The molecule has 2 aliphatic heterocycles. The van der Waals surface area contributed by atoms with Crippen LogP contribution in [0, 0.1) is 5.92 Å². The zero-order valence-corrected chi connectivity index (χ0v) is 10.7. The maximum absolute atomic E-state index is 11.8. The minimum atomic E-state index is -0.527. The molecule has 3 unspecified atom stereocenters. The van der Waals surface area contributed by atoms with Crippen LogP contribution >= 0.6 is 0 Å². The summed E-state index contributed by atoms with van der Waals surface area (Å²) in [6.07, 6.45) is 0.948. The van der Waals surface area contributed by atoms with Crippen molar-refractivity contribution in [3.05, 3.63) is 0 Å². The molecule has 1 amide bonds. The second kappa shape index (κ2) is 4.92. The first-order valence-electron chi connectivity index (χ1n) is 6.17. The van der Waals surface area contributed by atoms with E-state index in [0.29, 0.717) is 19.8 Å². The van der Waals surface area contributed by atoms with Gasteiger partial charge in [-0.3, -0.25) is 4.79 Å². The fourth-order valence-corrected chi connectivity index (χ4v) is 2.22. The van der Waals surface area contributed by atoms with Gasteiger partial charge in [0.15, 0.2) is 5.79 Å². The third kappa shape index (κ3) is 3.40. The van der Waals surface area contributed by atoms with E-state index in [1.54, 1.807) is 0 Å². The molecule has 2 fully saturated rings. The van der Waals surface area contributed by atoms with Gasteiger partial charge in [-0.25, -0.2) is 0 Å². The summed E-state index contributed by atoms with van der Waals surface area (Å²) in [6, 6.07) is 0. The topological polar surface area (TPSA) is 56.8 Å². The molecule has 5 nitrogen and oxygen atoms in total. The highest BCUT2D eigenvalue weighted by Crippen LogP contribution is 2.22. The quantitative estimate of drug-likeness (QED) is 0.792. The average Bonchev–Trinajstić information content (AvgIpc) is 2.81. The van der Waals surface area contributed by atoms with E-state index in [1.165, 1.54) is 0 Å². The lowest BCUT2D eigenvalue weighted by molar-refractivity contribution is -0.140. The normalized spacial score (nSPS) is 36.1. The van der Waals surface area contributed by atoms with Crippen molar-refractivity contribution in [3.63, 3.8) is 0 Å². The van der Waals surface area contributed by atoms with E-state index in [-0.39, 0.29) is 24.0 Å². The van der Waals surface area contributed by atoms with E-state index in [0.717, 1.165) is 6.42 Å². The first-order chi connectivity index (χ1) is 7.96. The fraction of sp³-hybridized carbons (Fsp3) is 0.917. The molecule has 0 radical (unpaired) electrons. The van der Waals surface area contributed by atoms with Crippen LogP contribution in [-0.2, 0) is 19.0 Å². The third-order valence-corrected chi connectivity index (χ3v) is 3.14. The van der Waals surface area contributed by atoms with Gasteiger partial charge in [0.05, 0.1) is 25.2 Å². The van der Waals surface area contributed by atoms with Crippen LogP contribution in [0.2, 0.25) is 0 Å². The van der Waals surface area contributed by atoms with E-state index in [2.05, 4.69) is 5.32 Å². The molecule has 0 aromatic heterocycles. The second-order valence-corrected chi connectivity index (χ2v) is 5.27. The predicted octanol–water partition coefficient (Wildman–Crippen LogP) is 0.679. The molecule has 17 heavy (non-hydrogen) atoms. The first-order valence-corrected chi connectivity index (χ1v) is 6.17. The molecular formula is C12H21NO4. The van der Waals surface area contributed by atoms with Crippen LogP contribution in [-0.4, -0.2) is 43.7 Å². The number of amides is 1. The lowest BCUT2D eigenvalue weighted by Gasteiger charge is -2.17. The molecule has 0 saturated carbocycles. The zero-order chi connectivity index (χ0) is 12.5. The molecule has 0 aromatic carbocycles. The van der Waals surface area contributed by atoms with Crippen LogP contribution in [0.15, 0.2) is 0 Å². The number of hydrogen-bond donors (Lipinski definition) is 1. The highest BCUT2D eigenvalue weighted by atomic mass is 16.7. The second-order valence-electron chi connectivity index (χ2n) is 5.27. The Kier molecular flexibility index (Phi) is 3.70. The van der Waals surface area contributed by atoms with Crippen molar-refractivity contribution in [1.82, 2.24) is 5.32 Å². The van der Waals surface area contributed by atoms with Crippen molar-refractivity contribution >= 4 is 5.91 Å². The summed E-state index contributed by atoms with van der Waals surface area (Å²) < 4.78 is 16.4. The Morgan fingerprint density at radius 3 is 2.71 bits per heavy atom. The van der Waals surface area contributed by atoms with Crippen LogP contribution < -0.4 is 5.32 Å². The van der Waals surface area contributed by atoms with Crippen LogP contribution in [0.25, 0.3) is 0 Å². The number of carbonyl (C=O) groups is 1. The van der Waals surface area contributed by atoms with Crippen molar-refractivity contribution in [2.75, 3.05) is 19.8 Å². The highest BCUT2D eigenvalue weighted by molar-refractivity contribution is 5.79. The van der Waals surface area contributed by atoms with Gasteiger partial charge in [-0.1, -0.05) is 0 Å². The average molecular weight is 243 g/mol. The molecule has 0 spiro atoms. The Labute approximate surface area is 102 Å². The standard InChI is InChI=1S/C12H21NO4/c1-8-4-9(6-15-8)11(14)13-5-10-7-16-12(2,3)17-10/h8-10H,4-7H2,1-3H3,(H,13,14). The molecule has 0 aliphatic carbocycles. The summed E-state index contributed by atoms with van der Waals surface area (Å²) in [5.74, 6) is -0.483. The maximum atomic E-state index is 11.8. The lowest BCUT2D eigenvalue weighted by Crippen LogP contribution is -2.38. The van der Waals surface area contributed by atoms with Crippen molar-refractivity contribution in [2.24, 2.45) is 5.92 Å². The number of rotatable bonds is 3. The molecule has 0 aromatic rings. The van der Waals surface area contributed by atoms with Crippen molar-refractivity contribution in [2.45, 2.75) is 45.2 Å². The molecule has 98 valence electrons. The molecule has 2 heterocycles. The van der Waals surface area contributed by atoms with Gasteiger partial charge in [0, 0.05) is 6.54 Å². The van der Waals surface area contributed by atoms with Crippen LogP contribution in [0.5, 0.6) is 0 Å².